The van der Waals surface area contributed by atoms with Gasteiger partial charge in [-0.05, 0) is 55.2 Å². The number of nitrogens with zero attached hydrogens (tertiary/aromatic N) is 4. The van der Waals surface area contributed by atoms with E-state index in [1.54, 1.807) is 42.3 Å². The summed E-state index contributed by atoms with van der Waals surface area (Å²) in [4.78, 5) is 21.0. The highest BCUT2D eigenvalue weighted by molar-refractivity contribution is 5.85. The summed E-state index contributed by atoms with van der Waals surface area (Å²) in [6.45, 7) is 2.22. The van der Waals surface area contributed by atoms with Gasteiger partial charge in [0, 0.05) is 36.2 Å². The van der Waals surface area contributed by atoms with Gasteiger partial charge in [0.2, 0.25) is 0 Å². The van der Waals surface area contributed by atoms with E-state index >= 15 is 0 Å². The maximum absolute atomic E-state index is 13.6. The van der Waals surface area contributed by atoms with E-state index in [1.807, 2.05) is 18.2 Å². The highest BCUT2D eigenvalue weighted by atomic mass is 19.3. The van der Waals surface area contributed by atoms with Gasteiger partial charge in [-0.25, -0.2) is 14.4 Å². The van der Waals surface area contributed by atoms with Crippen LogP contribution < -0.4 is 5.32 Å². The summed E-state index contributed by atoms with van der Waals surface area (Å²) in [6.07, 6.45) is 7.15. The molecule has 0 saturated heterocycles. The third-order valence-corrected chi connectivity index (χ3v) is 6.24. The van der Waals surface area contributed by atoms with Crippen LogP contribution >= 0.6 is 0 Å². The van der Waals surface area contributed by atoms with Crippen LogP contribution in [0.15, 0.2) is 61.1 Å². The highest BCUT2D eigenvalue weighted by Gasteiger charge is 2.36. The zero-order valence-corrected chi connectivity index (χ0v) is 19.3. The van der Waals surface area contributed by atoms with E-state index in [1.165, 1.54) is 12.1 Å². The Morgan fingerprint density at radius 2 is 1.71 bits per heavy atom. The summed E-state index contributed by atoms with van der Waals surface area (Å²) in [6, 6.07) is 10.5. The van der Waals surface area contributed by atoms with Gasteiger partial charge in [0.25, 0.3) is 5.91 Å². The van der Waals surface area contributed by atoms with Gasteiger partial charge in [-0.1, -0.05) is 18.2 Å². The number of aromatic nitrogens is 4. The number of fused-ring (bicyclic) bond motifs is 1. The fourth-order valence-electron chi connectivity index (χ4n) is 4.20. The van der Waals surface area contributed by atoms with Crippen LogP contribution in [0.1, 0.15) is 50.0 Å². The topological polar surface area (TPSA) is 72.7 Å². The van der Waals surface area contributed by atoms with Crippen molar-refractivity contribution in [3.05, 3.63) is 78.3 Å². The molecule has 2 atom stereocenters. The normalized spacial score (nSPS) is 15.7. The number of carbonyl (C=O) groups excluding carboxylic acids is 1. The summed E-state index contributed by atoms with van der Waals surface area (Å²) >= 11 is 0. The second kappa shape index (κ2) is 8.79. The van der Waals surface area contributed by atoms with Crippen LogP contribution in [-0.2, 0) is 4.79 Å². The number of carbonyl (C=O) groups is 1. The number of benzene rings is 2. The summed E-state index contributed by atoms with van der Waals surface area (Å²) in [5.74, 6) is -4.05. The van der Waals surface area contributed by atoms with Crippen molar-refractivity contribution in [3.8, 4) is 11.1 Å². The summed E-state index contributed by atoms with van der Waals surface area (Å²) in [5.41, 5.74) is 3.14. The van der Waals surface area contributed by atoms with Crippen molar-refractivity contribution in [2.75, 3.05) is 0 Å². The van der Waals surface area contributed by atoms with Gasteiger partial charge in [-0.2, -0.15) is 13.9 Å². The molecule has 1 amide bonds. The molecule has 0 unspecified atom stereocenters. The van der Waals surface area contributed by atoms with Crippen molar-refractivity contribution < 1.29 is 18.0 Å². The van der Waals surface area contributed by atoms with E-state index in [4.69, 9.17) is 0 Å². The lowest BCUT2D eigenvalue weighted by atomic mass is 10.0. The fourth-order valence-corrected chi connectivity index (χ4v) is 4.20. The Balaban J connectivity index is 1.53. The van der Waals surface area contributed by atoms with E-state index in [-0.39, 0.29) is 5.82 Å². The number of amides is 1. The van der Waals surface area contributed by atoms with Gasteiger partial charge in [0.15, 0.2) is 0 Å². The van der Waals surface area contributed by atoms with Gasteiger partial charge in [0.1, 0.15) is 17.7 Å². The van der Waals surface area contributed by atoms with Gasteiger partial charge >= 0.3 is 5.92 Å². The van der Waals surface area contributed by atoms with Crippen molar-refractivity contribution in [2.45, 2.75) is 50.6 Å². The van der Waals surface area contributed by atoms with Gasteiger partial charge < -0.3 is 5.32 Å². The number of rotatable bonds is 7. The lowest BCUT2D eigenvalue weighted by Gasteiger charge is -2.27. The molecule has 1 N–H and O–H groups in total. The first-order valence-electron chi connectivity index (χ1n) is 11.4. The Morgan fingerprint density at radius 3 is 2.34 bits per heavy atom. The number of halogens is 3. The van der Waals surface area contributed by atoms with E-state index in [0.29, 0.717) is 18.4 Å². The molecule has 1 aliphatic carbocycles. The average molecular weight is 480 g/mol. The summed E-state index contributed by atoms with van der Waals surface area (Å²) < 4.78 is 42.3. The Kier molecular flexibility index (Phi) is 5.78. The maximum Gasteiger partial charge on any atom is 0.321 e. The fraction of sp³-hybridized carbons (Fsp3) is 0.308. The molecule has 2 aromatic heterocycles. The first-order chi connectivity index (χ1) is 16.7. The van der Waals surface area contributed by atoms with E-state index < -0.39 is 23.9 Å². The monoisotopic (exact) mass is 479 g/mol. The third kappa shape index (κ3) is 4.76. The zero-order valence-electron chi connectivity index (χ0n) is 19.3. The molecule has 2 aromatic carbocycles. The van der Waals surface area contributed by atoms with Gasteiger partial charge in [0.05, 0.1) is 17.8 Å². The minimum atomic E-state index is -3.51. The third-order valence-electron chi connectivity index (χ3n) is 6.24. The Bertz CT molecular complexity index is 1360. The zero-order chi connectivity index (χ0) is 24.7. The predicted octanol–water partition coefficient (Wildman–Crippen LogP) is 5.26. The molecule has 1 saturated carbocycles. The van der Waals surface area contributed by atoms with E-state index in [0.717, 1.165) is 40.7 Å². The molecular weight excluding hydrogens is 455 g/mol. The van der Waals surface area contributed by atoms with E-state index in [9.17, 15) is 18.0 Å². The molecule has 5 rings (SSSR count). The van der Waals surface area contributed by atoms with Crippen LogP contribution in [0.2, 0.25) is 0 Å². The van der Waals surface area contributed by atoms with Crippen LogP contribution in [0.4, 0.5) is 13.2 Å². The van der Waals surface area contributed by atoms with Crippen LogP contribution in [-0.4, -0.2) is 37.6 Å². The Morgan fingerprint density at radius 1 is 1.06 bits per heavy atom. The average Bonchev–Trinajstić information content (AvgIpc) is 3.60. The lowest BCUT2D eigenvalue weighted by molar-refractivity contribution is -0.143. The van der Waals surface area contributed by atoms with Crippen LogP contribution in [0.3, 0.4) is 0 Å². The van der Waals surface area contributed by atoms with Crippen molar-refractivity contribution >= 4 is 16.8 Å². The first-order valence-corrected chi connectivity index (χ1v) is 11.4. The minimum absolute atomic E-state index is 0.311. The molecule has 0 radical (unpaired) electrons. The molecule has 4 aromatic rings. The molecule has 0 spiro atoms. The highest BCUT2D eigenvalue weighted by Crippen LogP contribution is 2.38. The number of hydrogen-bond donors (Lipinski definition) is 1. The summed E-state index contributed by atoms with van der Waals surface area (Å²) in [5, 5.41) is 7.78. The number of alkyl halides is 2. The van der Waals surface area contributed by atoms with Crippen LogP contribution in [0.25, 0.3) is 22.0 Å². The molecule has 1 aliphatic rings. The first kappa shape index (κ1) is 23.0. The standard InChI is InChI=1S/C26H24F3N5O/c1-15(33-25(35)26(2,28)29)23(20-12-30-24(31-13-20)17-3-4-17)34-22-10-7-18(11-19(22)14-32-34)16-5-8-21(27)9-6-16/h5-15,17,23H,3-4H2,1-2H3,(H,33,35)/t15-,23+/m0/s1. The molecule has 0 aliphatic heterocycles. The SMILES string of the molecule is C[C@H](NC(=O)C(C)(F)F)[C@H](c1cnc(C2CC2)nc1)n1ncc2cc(-c3ccc(F)cc3)ccc21. The second-order valence-electron chi connectivity index (χ2n) is 9.11. The molecule has 2 heterocycles. The molecule has 0 bridgehead atoms. The molecule has 6 nitrogen and oxygen atoms in total. The maximum atomic E-state index is 13.6. The Hall–Kier alpha value is -3.75. The largest absolute Gasteiger partial charge is 0.346 e. The predicted molar refractivity (Wildman–Crippen MR) is 125 cm³/mol. The van der Waals surface area contributed by atoms with E-state index in [2.05, 4.69) is 20.4 Å². The quantitative estimate of drug-likeness (QED) is 0.393. The molecule has 9 heteroatoms. The number of nitrogens with one attached hydrogen (secondary N) is 1. The number of hydrogen-bond acceptors (Lipinski definition) is 4. The molecular formula is C26H24F3N5O. The molecule has 35 heavy (non-hydrogen) atoms. The van der Waals surface area contributed by atoms with Crippen LogP contribution in [0.5, 0.6) is 0 Å². The van der Waals surface area contributed by atoms with Crippen molar-refractivity contribution in [2.24, 2.45) is 0 Å². The molecule has 180 valence electrons. The second-order valence-corrected chi connectivity index (χ2v) is 9.11. The minimum Gasteiger partial charge on any atom is -0.346 e. The van der Waals surface area contributed by atoms with Gasteiger partial charge in [-0.15, -0.1) is 0 Å². The van der Waals surface area contributed by atoms with Crippen molar-refractivity contribution in [3.63, 3.8) is 0 Å². The van der Waals surface area contributed by atoms with Crippen LogP contribution in [0, 0.1) is 5.82 Å². The Labute approximate surface area is 200 Å². The summed E-state index contributed by atoms with van der Waals surface area (Å²) in [7, 11) is 0. The molecule has 1 fully saturated rings. The lowest BCUT2D eigenvalue weighted by Crippen LogP contribution is -2.46. The van der Waals surface area contributed by atoms with Gasteiger partial charge in [-0.3, -0.25) is 9.48 Å². The van der Waals surface area contributed by atoms with Crippen molar-refractivity contribution in [1.29, 1.82) is 0 Å². The smallest absolute Gasteiger partial charge is 0.321 e. The van der Waals surface area contributed by atoms with Crippen molar-refractivity contribution in [1.82, 2.24) is 25.1 Å².